The third-order valence-corrected chi connectivity index (χ3v) is 5.97. The fraction of sp³-hybridized carbons (Fsp3) is 0.143. The Balaban J connectivity index is 1.78. The fourth-order valence-corrected chi connectivity index (χ4v) is 4.05. The zero-order valence-electron chi connectivity index (χ0n) is 16.3. The number of thiophene rings is 1. The van der Waals surface area contributed by atoms with Crippen LogP contribution in [0.1, 0.15) is 26.5 Å². The van der Waals surface area contributed by atoms with Crippen molar-refractivity contribution in [3.8, 4) is 11.1 Å². The zero-order valence-corrected chi connectivity index (χ0v) is 17.8. The maximum atomic E-state index is 13.8. The van der Waals surface area contributed by atoms with E-state index in [2.05, 4.69) is 10.3 Å². The van der Waals surface area contributed by atoms with E-state index in [0.29, 0.717) is 0 Å². The Hall–Kier alpha value is -3.05. The van der Waals surface area contributed by atoms with Crippen molar-refractivity contribution >= 4 is 34.5 Å². The molecule has 0 atom stereocenters. The molecule has 4 rings (SSSR count). The van der Waals surface area contributed by atoms with Gasteiger partial charge in [-0.1, -0.05) is 29.8 Å². The van der Waals surface area contributed by atoms with Crippen LogP contribution in [-0.4, -0.2) is 15.3 Å². The average molecular weight is 504 g/mol. The molecule has 0 aliphatic carbocycles. The number of nitrogens with zero attached hydrogens (tertiary/aromatic N) is 2. The van der Waals surface area contributed by atoms with E-state index in [1.165, 1.54) is 17.5 Å². The molecule has 0 unspecified atom stereocenters. The number of hydrogen-bond donors (Lipinski definition) is 1. The van der Waals surface area contributed by atoms with Gasteiger partial charge in [0.05, 0.1) is 17.7 Å². The van der Waals surface area contributed by atoms with Crippen LogP contribution in [0.3, 0.4) is 0 Å². The summed E-state index contributed by atoms with van der Waals surface area (Å²) in [5.74, 6) is -0.763. The number of pyridine rings is 1. The molecule has 4 aromatic rings. The molecule has 33 heavy (non-hydrogen) atoms. The minimum absolute atomic E-state index is 0.0478. The van der Waals surface area contributed by atoms with Crippen LogP contribution in [0.5, 0.6) is 0 Å². The topological polar surface area (TPSA) is 46.4 Å². The minimum Gasteiger partial charge on any atom is -0.346 e. The maximum absolute atomic E-state index is 13.8. The first-order valence-corrected chi connectivity index (χ1v) is 10.5. The first-order valence-electron chi connectivity index (χ1n) is 9.22. The molecule has 1 aromatic carbocycles. The van der Waals surface area contributed by atoms with Crippen LogP contribution >= 0.6 is 22.9 Å². The summed E-state index contributed by atoms with van der Waals surface area (Å²) < 4.78 is 80.7. The molecule has 3 heterocycles. The number of imidazole rings is 1. The van der Waals surface area contributed by atoms with Gasteiger partial charge in [-0.05, 0) is 40.8 Å². The second-order valence-electron chi connectivity index (χ2n) is 6.92. The van der Waals surface area contributed by atoms with Crippen molar-refractivity contribution < 1.29 is 31.1 Å². The largest absolute Gasteiger partial charge is 0.420 e. The van der Waals surface area contributed by atoms with E-state index in [1.54, 1.807) is 17.5 Å². The molecule has 0 fully saturated rings. The first-order chi connectivity index (χ1) is 15.4. The van der Waals surface area contributed by atoms with Gasteiger partial charge < -0.3 is 5.32 Å². The lowest BCUT2D eigenvalue weighted by atomic mass is 10.0. The van der Waals surface area contributed by atoms with Crippen molar-refractivity contribution in [2.45, 2.75) is 18.9 Å². The number of benzene rings is 1. The van der Waals surface area contributed by atoms with E-state index in [0.717, 1.165) is 39.6 Å². The summed E-state index contributed by atoms with van der Waals surface area (Å²) in [4.78, 5) is 17.2. The summed E-state index contributed by atoms with van der Waals surface area (Å²) in [5.41, 5.74) is -3.06. The number of halogens is 7. The second-order valence-corrected chi connectivity index (χ2v) is 8.31. The van der Waals surface area contributed by atoms with Crippen LogP contribution in [0, 0.1) is 0 Å². The van der Waals surface area contributed by atoms with E-state index in [9.17, 15) is 31.1 Å². The van der Waals surface area contributed by atoms with Crippen LogP contribution in [0.15, 0.2) is 54.0 Å². The first kappa shape index (κ1) is 23.1. The van der Waals surface area contributed by atoms with Crippen molar-refractivity contribution in [2.75, 3.05) is 0 Å². The molecule has 0 aliphatic heterocycles. The standard InChI is InChI=1S/C21H12ClF6N3OS/c22-17-16(19(32)29-9-14-2-1-7-33-14)30-18-15(21(26,27)28)8-12(10-31(17)18)11-3-5-13(6-4-11)20(23,24)25/h1-8,10H,9H2,(H,29,32). The molecule has 0 saturated carbocycles. The van der Waals surface area contributed by atoms with Crippen molar-refractivity contribution in [3.05, 3.63) is 80.9 Å². The van der Waals surface area contributed by atoms with Gasteiger partial charge in [0.2, 0.25) is 0 Å². The quantitative estimate of drug-likeness (QED) is 0.316. The van der Waals surface area contributed by atoms with Crippen molar-refractivity contribution in [1.82, 2.24) is 14.7 Å². The zero-order chi connectivity index (χ0) is 24.0. The predicted molar refractivity (Wildman–Crippen MR) is 111 cm³/mol. The van der Waals surface area contributed by atoms with Gasteiger partial charge in [0.15, 0.2) is 11.3 Å². The lowest BCUT2D eigenvalue weighted by Crippen LogP contribution is -2.23. The van der Waals surface area contributed by atoms with Crippen molar-refractivity contribution in [1.29, 1.82) is 0 Å². The van der Waals surface area contributed by atoms with Gasteiger partial charge >= 0.3 is 12.4 Å². The molecule has 0 saturated heterocycles. The number of carbonyl (C=O) groups is 1. The smallest absolute Gasteiger partial charge is 0.346 e. The Bertz CT molecular complexity index is 1310. The lowest BCUT2D eigenvalue weighted by Gasteiger charge is -2.12. The molecule has 1 N–H and O–H groups in total. The SMILES string of the molecule is O=C(NCc1cccs1)c1nc2c(C(F)(F)F)cc(-c3ccc(C(F)(F)F)cc3)cn2c1Cl. The monoisotopic (exact) mass is 503 g/mol. The number of hydrogen-bond acceptors (Lipinski definition) is 3. The van der Waals surface area contributed by atoms with E-state index >= 15 is 0 Å². The second kappa shape index (κ2) is 8.38. The number of carbonyl (C=O) groups excluding carboxylic acids is 1. The van der Waals surface area contributed by atoms with Gasteiger partial charge in [-0.25, -0.2) is 4.98 Å². The molecule has 0 spiro atoms. The van der Waals surface area contributed by atoms with Crippen molar-refractivity contribution in [2.24, 2.45) is 0 Å². The Morgan fingerprint density at radius 1 is 1.03 bits per heavy atom. The molecule has 4 nitrogen and oxygen atoms in total. The Labute approximate surface area is 191 Å². The van der Waals surface area contributed by atoms with E-state index in [4.69, 9.17) is 11.6 Å². The minimum atomic E-state index is -4.86. The maximum Gasteiger partial charge on any atom is 0.420 e. The number of rotatable bonds is 4. The molecule has 0 radical (unpaired) electrons. The van der Waals surface area contributed by atoms with Crippen LogP contribution in [-0.2, 0) is 18.9 Å². The van der Waals surface area contributed by atoms with Gasteiger partial charge in [-0.2, -0.15) is 26.3 Å². The summed E-state index contributed by atoms with van der Waals surface area (Å²) in [6.45, 7) is 0.142. The molecule has 3 aromatic heterocycles. The van der Waals surface area contributed by atoms with E-state index in [-0.39, 0.29) is 22.8 Å². The number of amides is 1. The van der Waals surface area contributed by atoms with Crippen LogP contribution in [0.4, 0.5) is 26.3 Å². The summed E-state index contributed by atoms with van der Waals surface area (Å²) >= 11 is 7.59. The highest BCUT2D eigenvalue weighted by Gasteiger charge is 2.36. The third kappa shape index (κ3) is 4.69. The van der Waals surface area contributed by atoms with Gasteiger partial charge in [0, 0.05) is 11.1 Å². The normalized spacial score (nSPS) is 12.3. The Morgan fingerprint density at radius 2 is 1.73 bits per heavy atom. The van der Waals surface area contributed by atoms with E-state index in [1.807, 2.05) is 0 Å². The van der Waals surface area contributed by atoms with Crippen LogP contribution in [0.25, 0.3) is 16.8 Å². The molecule has 0 bridgehead atoms. The summed E-state index contributed by atoms with van der Waals surface area (Å²) in [5, 5.41) is 4.00. The summed E-state index contributed by atoms with van der Waals surface area (Å²) in [6.07, 6.45) is -8.25. The highest BCUT2D eigenvalue weighted by molar-refractivity contribution is 7.09. The number of alkyl halides is 6. The number of nitrogens with one attached hydrogen (secondary N) is 1. The van der Waals surface area contributed by atoms with Gasteiger partial charge in [-0.3, -0.25) is 9.20 Å². The highest BCUT2D eigenvalue weighted by atomic mass is 35.5. The van der Waals surface area contributed by atoms with Gasteiger partial charge in [0.25, 0.3) is 5.91 Å². The third-order valence-electron chi connectivity index (χ3n) is 4.73. The number of fused-ring (bicyclic) bond motifs is 1. The predicted octanol–water partition coefficient (Wildman–Crippen LogP) is 6.68. The molecule has 1 amide bonds. The van der Waals surface area contributed by atoms with Gasteiger partial charge in [0.1, 0.15) is 5.15 Å². The van der Waals surface area contributed by atoms with Crippen LogP contribution < -0.4 is 5.32 Å². The average Bonchev–Trinajstić information content (AvgIpc) is 3.38. The number of aromatic nitrogens is 2. The summed E-state index contributed by atoms with van der Waals surface area (Å²) in [6, 6.07) is 7.97. The molecular weight excluding hydrogens is 492 g/mol. The highest BCUT2D eigenvalue weighted by Crippen LogP contribution is 2.37. The fourth-order valence-electron chi connectivity index (χ4n) is 3.14. The van der Waals surface area contributed by atoms with Crippen LogP contribution in [0.2, 0.25) is 5.15 Å². The van der Waals surface area contributed by atoms with Crippen molar-refractivity contribution in [3.63, 3.8) is 0 Å². The lowest BCUT2D eigenvalue weighted by molar-refractivity contribution is -0.138. The Kier molecular flexibility index (Phi) is 5.87. The summed E-state index contributed by atoms with van der Waals surface area (Å²) in [7, 11) is 0. The Morgan fingerprint density at radius 3 is 2.30 bits per heavy atom. The molecule has 12 heteroatoms. The molecular formula is C21H12ClF6N3OS. The van der Waals surface area contributed by atoms with Gasteiger partial charge in [-0.15, -0.1) is 11.3 Å². The van der Waals surface area contributed by atoms with E-state index < -0.39 is 40.7 Å². The molecule has 0 aliphatic rings. The molecule has 172 valence electrons.